The number of benzene rings is 3. The molecule has 0 saturated heterocycles. The Morgan fingerprint density at radius 2 is 1.65 bits per heavy atom. The lowest BCUT2D eigenvalue weighted by Gasteiger charge is -2.18. The molecule has 2 atom stereocenters. The molecule has 0 bridgehead atoms. The van der Waals surface area contributed by atoms with E-state index in [0.29, 0.717) is 33.0 Å². The van der Waals surface area contributed by atoms with Crippen molar-refractivity contribution in [2.75, 3.05) is 66.3 Å². The summed E-state index contributed by atoms with van der Waals surface area (Å²) in [4.78, 5) is 57.0. The number of carbonyl (C=O) groups is 4. The molecule has 1 unspecified atom stereocenters. The van der Waals surface area contributed by atoms with Gasteiger partial charge in [-0.25, -0.2) is 4.98 Å². The minimum Gasteiger partial charge on any atom is -0.507 e. The van der Waals surface area contributed by atoms with Gasteiger partial charge >= 0.3 is 0 Å². The number of thiazole rings is 1. The van der Waals surface area contributed by atoms with E-state index < -0.39 is 35.1 Å². The highest BCUT2D eigenvalue weighted by atomic mass is 32.1. The van der Waals surface area contributed by atoms with E-state index in [1.807, 2.05) is 61.0 Å². The van der Waals surface area contributed by atoms with Crippen LogP contribution in [0.3, 0.4) is 0 Å². The molecule has 1 heterocycles. The van der Waals surface area contributed by atoms with E-state index in [1.54, 1.807) is 11.3 Å². The molecule has 62 heavy (non-hydrogen) atoms. The lowest BCUT2D eigenvalue weighted by atomic mass is 10.0. The van der Waals surface area contributed by atoms with E-state index in [1.165, 1.54) is 30.1 Å². The fourth-order valence-corrected chi connectivity index (χ4v) is 7.49. The van der Waals surface area contributed by atoms with Crippen LogP contribution in [0.15, 0.2) is 78.3 Å². The molecule has 0 aliphatic heterocycles. The second-order valence-corrected chi connectivity index (χ2v) is 15.5. The maximum absolute atomic E-state index is 13.0. The largest absolute Gasteiger partial charge is 0.507 e. The second kappa shape index (κ2) is 23.9. The highest BCUT2D eigenvalue weighted by Crippen LogP contribution is 2.31. The first-order valence-electron chi connectivity index (χ1n) is 20.4. The molecule has 1 aromatic heterocycles. The molecule has 5 rings (SSSR count). The van der Waals surface area contributed by atoms with Gasteiger partial charge in [-0.05, 0) is 54.2 Å². The molecule has 1 aliphatic carbocycles. The number of amides is 4. The SMILES string of the molecule is Cc1ncsc1-c1ccc([C@@H](N)CC(=O)NCCOCCOCCOCCC(=O)NCCN(C)C(=O)c2ccc(/C(O)=C/C(=N)C(=O)NC3CCc4ccccc43)cc2O)cc1. The number of ether oxygens (including phenoxy) is 3. The van der Waals surface area contributed by atoms with E-state index in [9.17, 15) is 29.4 Å². The van der Waals surface area contributed by atoms with Crippen molar-refractivity contribution in [3.05, 3.63) is 112 Å². The Kier molecular flexibility index (Phi) is 18.1. The second-order valence-electron chi connectivity index (χ2n) is 14.7. The summed E-state index contributed by atoms with van der Waals surface area (Å²) in [5.74, 6) is -2.37. The number of phenolic OH excluding ortho intramolecular Hbond substituents is 1. The third kappa shape index (κ3) is 14.0. The summed E-state index contributed by atoms with van der Waals surface area (Å²) >= 11 is 1.59. The van der Waals surface area contributed by atoms with Crippen LogP contribution in [-0.4, -0.2) is 116 Å². The summed E-state index contributed by atoms with van der Waals surface area (Å²) in [7, 11) is 1.53. The van der Waals surface area contributed by atoms with Gasteiger partial charge in [-0.15, -0.1) is 11.3 Å². The number of fused-ring (bicyclic) bond motifs is 1. The maximum atomic E-state index is 13.0. The number of nitrogens with zero attached hydrogens (tertiary/aromatic N) is 2. The number of rotatable bonds is 24. The smallest absolute Gasteiger partial charge is 0.269 e. The molecule has 4 amide bonds. The van der Waals surface area contributed by atoms with Crippen LogP contribution in [-0.2, 0) is 35.0 Å². The Hall–Kier alpha value is -5.98. The van der Waals surface area contributed by atoms with E-state index in [4.69, 9.17) is 25.4 Å². The molecule has 1 aliphatic rings. The molecule has 330 valence electrons. The van der Waals surface area contributed by atoms with Crippen LogP contribution in [0.2, 0.25) is 0 Å². The Morgan fingerprint density at radius 1 is 0.952 bits per heavy atom. The fraction of sp³-hybridized carbons (Fsp3) is 0.378. The number of likely N-dealkylation sites (N-methyl/N-ethyl adjacent to an activating group) is 1. The first kappa shape index (κ1) is 47.1. The summed E-state index contributed by atoms with van der Waals surface area (Å²) in [5.41, 5.74) is 12.8. The first-order chi connectivity index (χ1) is 29.9. The molecular formula is C45H55N7O9S. The van der Waals surface area contributed by atoms with Crippen LogP contribution in [0.1, 0.15) is 69.7 Å². The van der Waals surface area contributed by atoms with Gasteiger partial charge in [-0.2, -0.15) is 0 Å². The lowest BCUT2D eigenvalue weighted by Crippen LogP contribution is -2.36. The van der Waals surface area contributed by atoms with Gasteiger partial charge < -0.3 is 51.0 Å². The predicted octanol–water partition coefficient (Wildman–Crippen LogP) is 4.38. The minimum absolute atomic E-state index is 0.0210. The van der Waals surface area contributed by atoms with Crippen LogP contribution >= 0.6 is 11.3 Å². The van der Waals surface area contributed by atoms with Crippen molar-refractivity contribution in [3.8, 4) is 16.2 Å². The van der Waals surface area contributed by atoms with Gasteiger partial charge in [0.25, 0.3) is 11.8 Å². The van der Waals surface area contributed by atoms with Crippen LogP contribution < -0.4 is 21.7 Å². The lowest BCUT2D eigenvalue weighted by molar-refractivity contribution is -0.123. The van der Waals surface area contributed by atoms with Gasteiger partial charge in [0, 0.05) is 57.2 Å². The maximum Gasteiger partial charge on any atom is 0.269 e. The molecule has 0 spiro atoms. The molecule has 0 radical (unpaired) electrons. The number of hydrogen-bond donors (Lipinski definition) is 7. The molecule has 3 aromatic carbocycles. The molecule has 0 fully saturated rings. The van der Waals surface area contributed by atoms with E-state index in [0.717, 1.165) is 51.7 Å². The monoisotopic (exact) mass is 869 g/mol. The van der Waals surface area contributed by atoms with Gasteiger partial charge in [0.1, 0.15) is 17.2 Å². The van der Waals surface area contributed by atoms with Crippen LogP contribution in [0, 0.1) is 12.3 Å². The van der Waals surface area contributed by atoms with Crippen molar-refractivity contribution in [1.29, 1.82) is 5.41 Å². The van der Waals surface area contributed by atoms with Crippen molar-refractivity contribution in [3.63, 3.8) is 0 Å². The third-order valence-electron chi connectivity index (χ3n) is 10.1. The summed E-state index contributed by atoms with van der Waals surface area (Å²) < 4.78 is 16.5. The van der Waals surface area contributed by atoms with Gasteiger partial charge in [0.2, 0.25) is 11.8 Å². The number of nitrogens with two attached hydrogens (primary N) is 1. The van der Waals surface area contributed by atoms with Crippen molar-refractivity contribution in [2.45, 2.75) is 44.7 Å². The number of aromatic nitrogens is 1. The molecule has 16 nitrogen and oxygen atoms in total. The number of nitrogens with one attached hydrogen (secondary N) is 4. The van der Waals surface area contributed by atoms with Crippen molar-refractivity contribution in [1.82, 2.24) is 25.8 Å². The van der Waals surface area contributed by atoms with Gasteiger partial charge in [0.05, 0.1) is 67.3 Å². The molecule has 17 heteroatoms. The van der Waals surface area contributed by atoms with Crippen molar-refractivity contribution in [2.24, 2.45) is 5.73 Å². The van der Waals surface area contributed by atoms with Crippen LogP contribution in [0.5, 0.6) is 5.75 Å². The van der Waals surface area contributed by atoms with Crippen molar-refractivity contribution >= 4 is 46.4 Å². The van der Waals surface area contributed by atoms with Crippen molar-refractivity contribution < 1.29 is 43.6 Å². The number of phenols is 1. The Bertz CT molecular complexity index is 2190. The first-order valence-corrected chi connectivity index (χ1v) is 21.3. The standard InChI is InChI=1S/C45H55N7O9S/c1-29-43(62-28-50-29)32-9-7-31(8-10-32)36(46)27-42(56)49-17-20-60-22-24-61-23-21-59-19-15-41(55)48-16-18-52(2)45(58)35-13-11-33(25-40(35)54)39(53)26-37(47)44(57)51-38-14-12-30-5-3-4-6-34(30)38/h3-11,13,25-26,28,36,38,47,53-54H,12,14-24,27,46H2,1-2H3,(H,48,55)(H,49,56)(H,51,57)/b39-26-,47-37?/t36-,38?/m0/s1. The van der Waals surface area contributed by atoms with Gasteiger partial charge in [-0.1, -0.05) is 54.6 Å². The molecule has 8 N–H and O–H groups in total. The summed E-state index contributed by atoms with van der Waals surface area (Å²) in [6, 6.07) is 19.0. The van der Waals surface area contributed by atoms with Crippen LogP contribution in [0.4, 0.5) is 0 Å². The zero-order chi connectivity index (χ0) is 44.4. The summed E-state index contributed by atoms with van der Waals surface area (Å²) in [6.07, 6.45) is 2.82. The minimum atomic E-state index is -0.643. The Labute approximate surface area is 365 Å². The average molecular weight is 870 g/mol. The van der Waals surface area contributed by atoms with Gasteiger partial charge in [0.15, 0.2) is 0 Å². The number of aliphatic hydroxyl groups excluding tert-OH is 1. The quantitative estimate of drug-likeness (QED) is 0.0296. The Morgan fingerprint density at radius 3 is 2.35 bits per heavy atom. The fourth-order valence-electron chi connectivity index (χ4n) is 6.68. The number of aromatic hydroxyl groups is 1. The van der Waals surface area contributed by atoms with Crippen LogP contribution in [0.25, 0.3) is 16.2 Å². The number of carbonyl (C=O) groups excluding carboxylic acids is 4. The number of aliphatic hydroxyl groups is 1. The Balaban J connectivity index is 0.858. The zero-order valence-electron chi connectivity index (χ0n) is 35.0. The topological polar surface area (TPSA) is 239 Å². The number of aryl methyl sites for hydroxylation is 2. The van der Waals surface area contributed by atoms with E-state index in [2.05, 4.69) is 20.9 Å². The summed E-state index contributed by atoms with van der Waals surface area (Å²) in [5, 5.41) is 37.7. The van der Waals surface area contributed by atoms with E-state index >= 15 is 0 Å². The highest BCUT2D eigenvalue weighted by molar-refractivity contribution is 7.13. The molecule has 4 aromatic rings. The molecular weight excluding hydrogens is 815 g/mol. The number of hydrogen-bond acceptors (Lipinski definition) is 13. The summed E-state index contributed by atoms with van der Waals surface area (Å²) in [6.45, 7) is 4.46. The average Bonchev–Trinajstić information content (AvgIpc) is 3.89. The highest BCUT2D eigenvalue weighted by Gasteiger charge is 2.25. The molecule has 0 saturated carbocycles. The normalized spacial score (nSPS) is 13.9. The zero-order valence-corrected chi connectivity index (χ0v) is 35.8. The predicted molar refractivity (Wildman–Crippen MR) is 236 cm³/mol. The van der Waals surface area contributed by atoms with E-state index in [-0.39, 0.29) is 68.1 Å². The van der Waals surface area contributed by atoms with Gasteiger partial charge in [-0.3, -0.25) is 24.6 Å². The third-order valence-corrected chi connectivity index (χ3v) is 11.1.